The van der Waals surface area contributed by atoms with Crippen LogP contribution in [0.3, 0.4) is 0 Å². The Hall–Kier alpha value is 0.210. The summed E-state index contributed by atoms with van der Waals surface area (Å²) in [6, 6.07) is 0. The first-order valence-electron chi connectivity index (χ1n) is 5.64. The van der Waals surface area contributed by atoms with Crippen molar-refractivity contribution in [2.75, 3.05) is 6.54 Å². The molecule has 2 fully saturated rings. The zero-order chi connectivity index (χ0) is 9.31. The van der Waals surface area contributed by atoms with E-state index >= 15 is 0 Å². The molecule has 1 aliphatic carbocycles. The van der Waals surface area contributed by atoms with E-state index in [1.807, 2.05) is 0 Å². The van der Waals surface area contributed by atoms with E-state index in [2.05, 4.69) is 12.2 Å². The lowest BCUT2D eigenvalue weighted by Crippen LogP contribution is -2.44. The average molecular weight is 220 g/mol. The minimum Gasteiger partial charge on any atom is -0.392 e. The van der Waals surface area contributed by atoms with Crippen LogP contribution in [0.1, 0.15) is 45.4 Å². The Labute approximate surface area is 92.9 Å². The van der Waals surface area contributed by atoms with Crippen LogP contribution in [0.5, 0.6) is 0 Å². The molecule has 0 amide bonds. The van der Waals surface area contributed by atoms with Crippen LogP contribution >= 0.6 is 12.4 Å². The van der Waals surface area contributed by atoms with Gasteiger partial charge >= 0.3 is 0 Å². The molecule has 0 aromatic heterocycles. The lowest BCUT2D eigenvalue weighted by Gasteiger charge is -2.37. The fourth-order valence-corrected chi connectivity index (χ4v) is 3.04. The second kappa shape index (κ2) is 4.82. The maximum Gasteiger partial charge on any atom is 0.0682 e. The number of nitrogens with one attached hydrogen (secondary N) is 1. The maximum absolute atomic E-state index is 9.53. The van der Waals surface area contributed by atoms with Crippen LogP contribution in [0.15, 0.2) is 0 Å². The zero-order valence-corrected chi connectivity index (χ0v) is 9.78. The molecule has 0 aromatic rings. The fourth-order valence-electron chi connectivity index (χ4n) is 3.04. The summed E-state index contributed by atoms with van der Waals surface area (Å²) < 4.78 is 0. The molecular weight excluding hydrogens is 198 g/mol. The van der Waals surface area contributed by atoms with Crippen LogP contribution < -0.4 is 5.32 Å². The van der Waals surface area contributed by atoms with Crippen LogP contribution in [0.4, 0.5) is 0 Å². The predicted octanol–water partition coefficient (Wildman–Crippen LogP) is 2.10. The van der Waals surface area contributed by atoms with E-state index in [0.717, 1.165) is 18.9 Å². The van der Waals surface area contributed by atoms with Gasteiger partial charge in [-0.1, -0.05) is 19.3 Å². The number of hydrogen-bond acceptors (Lipinski definition) is 2. The van der Waals surface area contributed by atoms with Crippen LogP contribution in [0, 0.1) is 5.92 Å². The molecule has 3 heteroatoms. The summed E-state index contributed by atoms with van der Waals surface area (Å²) in [6.07, 6.45) is 7.75. The van der Waals surface area contributed by atoms with Gasteiger partial charge in [-0.2, -0.15) is 0 Å². The smallest absolute Gasteiger partial charge is 0.0682 e. The van der Waals surface area contributed by atoms with Crippen molar-refractivity contribution in [3.05, 3.63) is 0 Å². The van der Waals surface area contributed by atoms with E-state index in [1.165, 1.54) is 32.1 Å². The van der Waals surface area contributed by atoms with Crippen LogP contribution in [-0.4, -0.2) is 23.3 Å². The maximum atomic E-state index is 9.53. The van der Waals surface area contributed by atoms with Gasteiger partial charge in [-0.3, -0.25) is 0 Å². The van der Waals surface area contributed by atoms with Gasteiger partial charge in [-0.05, 0) is 32.1 Å². The van der Waals surface area contributed by atoms with E-state index < -0.39 is 0 Å². The SMILES string of the molecule is CC1(C2CCCCC2)CC(O)CN1.Cl. The third-order valence-electron chi connectivity index (χ3n) is 3.91. The Morgan fingerprint density at radius 1 is 1.21 bits per heavy atom. The van der Waals surface area contributed by atoms with Gasteiger partial charge in [0.2, 0.25) is 0 Å². The lowest BCUT2D eigenvalue weighted by molar-refractivity contribution is 0.155. The Bertz CT molecular complexity index is 182. The second-order valence-corrected chi connectivity index (χ2v) is 4.99. The number of aliphatic hydroxyl groups excluding tert-OH is 1. The van der Waals surface area contributed by atoms with Crippen molar-refractivity contribution in [3.8, 4) is 0 Å². The van der Waals surface area contributed by atoms with Crippen molar-refractivity contribution < 1.29 is 5.11 Å². The van der Waals surface area contributed by atoms with E-state index in [9.17, 15) is 5.11 Å². The van der Waals surface area contributed by atoms with Crippen LogP contribution in [0.25, 0.3) is 0 Å². The molecule has 0 bridgehead atoms. The van der Waals surface area contributed by atoms with E-state index in [1.54, 1.807) is 0 Å². The number of rotatable bonds is 1. The first-order chi connectivity index (χ1) is 6.21. The summed E-state index contributed by atoms with van der Waals surface area (Å²) >= 11 is 0. The van der Waals surface area contributed by atoms with E-state index in [-0.39, 0.29) is 24.0 Å². The summed E-state index contributed by atoms with van der Waals surface area (Å²) in [6.45, 7) is 3.09. The molecule has 0 spiro atoms. The molecule has 1 aliphatic heterocycles. The number of hydrogen-bond donors (Lipinski definition) is 2. The summed E-state index contributed by atoms with van der Waals surface area (Å²) in [5.74, 6) is 0.804. The van der Waals surface area contributed by atoms with Gasteiger partial charge in [0, 0.05) is 12.1 Å². The Balaban J connectivity index is 0.000000980. The van der Waals surface area contributed by atoms with Gasteiger partial charge in [0.25, 0.3) is 0 Å². The van der Waals surface area contributed by atoms with Crippen LogP contribution in [-0.2, 0) is 0 Å². The summed E-state index contributed by atoms with van der Waals surface area (Å²) in [4.78, 5) is 0. The number of aliphatic hydroxyl groups is 1. The quantitative estimate of drug-likeness (QED) is 0.708. The molecule has 14 heavy (non-hydrogen) atoms. The third kappa shape index (κ3) is 2.41. The fraction of sp³-hybridized carbons (Fsp3) is 1.00. The highest BCUT2D eigenvalue weighted by atomic mass is 35.5. The third-order valence-corrected chi connectivity index (χ3v) is 3.91. The molecule has 2 atom stereocenters. The minimum atomic E-state index is -0.105. The van der Waals surface area contributed by atoms with E-state index in [4.69, 9.17) is 0 Å². The molecule has 1 saturated carbocycles. The molecule has 2 aliphatic rings. The van der Waals surface area contributed by atoms with Crippen molar-refractivity contribution in [2.24, 2.45) is 5.92 Å². The zero-order valence-electron chi connectivity index (χ0n) is 8.96. The summed E-state index contributed by atoms with van der Waals surface area (Å²) in [5.41, 5.74) is 0.236. The number of halogens is 1. The first kappa shape index (κ1) is 12.3. The summed E-state index contributed by atoms with van der Waals surface area (Å²) in [7, 11) is 0. The Kier molecular flexibility index (Phi) is 4.23. The van der Waals surface area contributed by atoms with Gasteiger partial charge < -0.3 is 10.4 Å². The normalized spacial score (nSPS) is 39.4. The largest absolute Gasteiger partial charge is 0.392 e. The molecule has 1 saturated heterocycles. The van der Waals surface area contributed by atoms with Crippen molar-refractivity contribution in [1.29, 1.82) is 0 Å². The molecule has 2 nitrogen and oxygen atoms in total. The van der Waals surface area contributed by atoms with Crippen molar-refractivity contribution in [1.82, 2.24) is 5.32 Å². The van der Waals surface area contributed by atoms with Gasteiger partial charge in [-0.25, -0.2) is 0 Å². The van der Waals surface area contributed by atoms with Crippen molar-refractivity contribution in [2.45, 2.75) is 57.1 Å². The lowest BCUT2D eigenvalue weighted by atomic mass is 9.75. The van der Waals surface area contributed by atoms with Gasteiger partial charge in [0.05, 0.1) is 6.10 Å². The van der Waals surface area contributed by atoms with Gasteiger partial charge in [0.15, 0.2) is 0 Å². The molecule has 2 rings (SSSR count). The van der Waals surface area contributed by atoms with Crippen molar-refractivity contribution in [3.63, 3.8) is 0 Å². The van der Waals surface area contributed by atoms with E-state index in [0.29, 0.717) is 0 Å². The highest BCUT2D eigenvalue weighted by molar-refractivity contribution is 5.85. The molecule has 1 heterocycles. The highest BCUT2D eigenvalue weighted by Crippen LogP contribution is 2.37. The van der Waals surface area contributed by atoms with Gasteiger partial charge in [-0.15, -0.1) is 12.4 Å². The first-order valence-corrected chi connectivity index (χ1v) is 5.64. The Morgan fingerprint density at radius 2 is 1.86 bits per heavy atom. The summed E-state index contributed by atoms with van der Waals surface area (Å²) in [5, 5.41) is 13.0. The molecule has 2 unspecified atom stereocenters. The predicted molar refractivity (Wildman–Crippen MR) is 60.9 cm³/mol. The average Bonchev–Trinajstić information content (AvgIpc) is 2.49. The monoisotopic (exact) mass is 219 g/mol. The highest BCUT2D eigenvalue weighted by Gasteiger charge is 2.40. The molecule has 0 aromatic carbocycles. The van der Waals surface area contributed by atoms with Gasteiger partial charge in [0.1, 0.15) is 0 Å². The molecular formula is C11H22ClNO. The topological polar surface area (TPSA) is 32.3 Å². The standard InChI is InChI=1S/C11H21NO.ClH/c1-11(7-10(13)8-12-11)9-5-3-2-4-6-9;/h9-10,12-13H,2-8H2,1H3;1H. The molecule has 84 valence electrons. The molecule has 0 radical (unpaired) electrons. The Morgan fingerprint density at radius 3 is 2.36 bits per heavy atom. The minimum absolute atomic E-state index is 0. The van der Waals surface area contributed by atoms with Crippen molar-refractivity contribution >= 4 is 12.4 Å². The molecule has 2 N–H and O–H groups in total. The number of β-amino-alcohol motifs (C(OH)–C–C–N with tert-alkyl or cyclic N) is 1. The van der Waals surface area contributed by atoms with Crippen LogP contribution in [0.2, 0.25) is 0 Å². The second-order valence-electron chi connectivity index (χ2n) is 4.99.